The van der Waals surface area contributed by atoms with Crippen LogP contribution in [-0.2, 0) is 29.2 Å². The van der Waals surface area contributed by atoms with E-state index in [9.17, 15) is 22.6 Å². The van der Waals surface area contributed by atoms with E-state index in [1.807, 2.05) is 60.7 Å². The molecule has 1 N–H and O–H groups in total. The van der Waals surface area contributed by atoms with E-state index in [1.165, 1.54) is 148 Å². The van der Waals surface area contributed by atoms with E-state index >= 15 is 0 Å². The van der Waals surface area contributed by atoms with Gasteiger partial charge in [-0.1, -0.05) is 217 Å². The molecule has 0 bridgehead atoms. The normalized spacial score (nSPS) is 13.0. The van der Waals surface area contributed by atoms with E-state index < -0.39 is 33.7 Å². The molecule has 0 aliphatic carbocycles. The van der Waals surface area contributed by atoms with Crippen molar-refractivity contribution in [1.29, 1.82) is 0 Å². The van der Waals surface area contributed by atoms with E-state index in [-0.39, 0.29) is 25.4 Å². The highest BCUT2D eigenvalue weighted by Crippen LogP contribution is 2.21. The Morgan fingerprint density at radius 2 is 0.766 bits per heavy atom. The van der Waals surface area contributed by atoms with Gasteiger partial charge >= 0.3 is 11.9 Å². The molecule has 10 heteroatoms. The zero-order chi connectivity index (χ0) is 46.2. The first-order chi connectivity index (χ1) is 31.2. The van der Waals surface area contributed by atoms with Gasteiger partial charge in [-0.2, -0.15) is 8.42 Å². The molecule has 3 atom stereocenters. The monoisotopic (exact) mass is 915 g/mol. The topological polar surface area (TPSA) is 125 Å². The molecule has 2 aromatic carbocycles. The molecule has 0 heterocycles. The summed E-state index contributed by atoms with van der Waals surface area (Å²) in [5, 5.41) is -2.08. The second-order valence-electron chi connectivity index (χ2n) is 18.0. The molecule has 2 rings (SSSR count). The van der Waals surface area contributed by atoms with Crippen molar-refractivity contribution < 1.29 is 41.5 Å². The Balaban J connectivity index is 1.73. The number of carbonyl (C=O) groups is 2. The van der Waals surface area contributed by atoms with Gasteiger partial charge in [-0.05, 0) is 49.9 Å². The molecule has 9 nitrogen and oxygen atoms in total. The SMILES string of the molecule is CCCCCCCCCCCCCCCCC(CCOC(=O)CC(C(=O)OCCC(CCCCCCCCCCCCCCCC)Oc1ccccc1)S(=O)(=O)O)Oc1ccccc1. The van der Waals surface area contributed by atoms with Gasteiger partial charge in [0.2, 0.25) is 0 Å². The number of benzene rings is 2. The molecule has 0 aliphatic heterocycles. The molecular weight excluding hydrogens is 825 g/mol. The standard InChI is InChI=1S/C54H90O9S/c1-3-5-7-9-11-13-15-17-19-21-23-25-27-31-41-50(62-48-37-33-29-34-38-48)43-45-60-53(55)47-52(64(57,58)59)54(56)61-46-44-51(63-49-39-35-30-36-40-49)42-32-28-26-24-22-20-18-16-14-12-10-8-6-4-2/h29-30,33-40,50-52H,3-28,31-32,41-47H2,1-2H3,(H,57,58,59). The average Bonchev–Trinajstić information content (AvgIpc) is 3.28. The molecule has 0 amide bonds. The summed E-state index contributed by atoms with van der Waals surface area (Å²) in [6, 6.07) is 19.0. The van der Waals surface area contributed by atoms with Gasteiger partial charge in [0.05, 0.1) is 19.6 Å². The summed E-state index contributed by atoms with van der Waals surface area (Å²) in [6.07, 6.45) is 36.7. The Labute approximate surface area is 390 Å². The number of esters is 2. The van der Waals surface area contributed by atoms with Crippen molar-refractivity contribution in [1.82, 2.24) is 0 Å². The summed E-state index contributed by atoms with van der Waals surface area (Å²) in [5.41, 5.74) is 0. The van der Waals surface area contributed by atoms with Crippen molar-refractivity contribution in [3.05, 3.63) is 60.7 Å². The third-order valence-corrected chi connectivity index (χ3v) is 13.3. The van der Waals surface area contributed by atoms with Crippen LogP contribution in [0.4, 0.5) is 0 Å². The zero-order valence-corrected chi connectivity index (χ0v) is 41.2. The third-order valence-electron chi connectivity index (χ3n) is 12.2. The van der Waals surface area contributed by atoms with Gasteiger partial charge in [0.25, 0.3) is 10.1 Å². The van der Waals surface area contributed by atoms with Crippen LogP contribution in [0.15, 0.2) is 60.7 Å². The zero-order valence-electron chi connectivity index (χ0n) is 40.4. The average molecular weight is 915 g/mol. The van der Waals surface area contributed by atoms with Crippen LogP contribution < -0.4 is 9.47 Å². The highest BCUT2D eigenvalue weighted by Gasteiger charge is 2.36. The molecule has 64 heavy (non-hydrogen) atoms. The van der Waals surface area contributed by atoms with Crippen LogP contribution >= 0.6 is 0 Å². The Bertz CT molecular complexity index is 1490. The fraction of sp³-hybridized carbons (Fsp3) is 0.741. The van der Waals surface area contributed by atoms with Crippen molar-refractivity contribution in [3.8, 4) is 11.5 Å². The summed E-state index contributed by atoms with van der Waals surface area (Å²) < 4.78 is 57.8. The van der Waals surface area contributed by atoms with E-state index in [2.05, 4.69) is 13.8 Å². The second-order valence-corrected chi connectivity index (χ2v) is 19.6. The number of rotatable bonds is 44. The van der Waals surface area contributed by atoms with Crippen molar-refractivity contribution in [3.63, 3.8) is 0 Å². The summed E-state index contributed by atoms with van der Waals surface area (Å²) >= 11 is 0. The van der Waals surface area contributed by atoms with Crippen LogP contribution in [0.5, 0.6) is 11.5 Å². The van der Waals surface area contributed by atoms with Crippen molar-refractivity contribution >= 4 is 22.1 Å². The van der Waals surface area contributed by atoms with Crippen LogP contribution in [-0.4, -0.2) is 55.6 Å². The molecule has 3 unspecified atom stereocenters. The van der Waals surface area contributed by atoms with Crippen LogP contribution in [0.25, 0.3) is 0 Å². The third kappa shape index (κ3) is 31.7. The van der Waals surface area contributed by atoms with Crippen molar-refractivity contribution in [2.45, 2.75) is 243 Å². The summed E-state index contributed by atoms with van der Waals surface area (Å²) in [4.78, 5) is 25.9. The van der Waals surface area contributed by atoms with Crippen LogP contribution in [0.2, 0.25) is 0 Å². The quantitative estimate of drug-likeness (QED) is 0.0393. The molecule has 0 spiro atoms. The van der Waals surface area contributed by atoms with Gasteiger partial charge in [-0.25, -0.2) is 0 Å². The lowest BCUT2D eigenvalue weighted by Gasteiger charge is -2.20. The van der Waals surface area contributed by atoms with Gasteiger partial charge in [0.15, 0.2) is 5.25 Å². The maximum Gasteiger partial charge on any atom is 0.327 e. The molecule has 0 fully saturated rings. The largest absolute Gasteiger partial charge is 0.490 e. The van der Waals surface area contributed by atoms with Crippen LogP contribution in [0, 0.1) is 0 Å². The van der Waals surface area contributed by atoms with E-state index in [1.54, 1.807) is 0 Å². The second kappa shape index (κ2) is 39.1. The highest BCUT2D eigenvalue weighted by atomic mass is 32.2. The van der Waals surface area contributed by atoms with Crippen molar-refractivity contribution in [2.75, 3.05) is 13.2 Å². The minimum absolute atomic E-state index is 0.0139. The maximum absolute atomic E-state index is 13.0. The lowest BCUT2D eigenvalue weighted by Crippen LogP contribution is -2.35. The first-order valence-electron chi connectivity index (χ1n) is 25.9. The molecular formula is C54H90O9S. The van der Waals surface area contributed by atoms with E-state index in [4.69, 9.17) is 18.9 Å². The molecule has 0 aliphatic rings. The lowest BCUT2D eigenvalue weighted by atomic mass is 10.0. The van der Waals surface area contributed by atoms with Crippen LogP contribution in [0.3, 0.4) is 0 Å². The minimum Gasteiger partial charge on any atom is -0.490 e. The molecule has 0 radical (unpaired) electrons. The summed E-state index contributed by atoms with van der Waals surface area (Å²) in [7, 11) is -4.94. The van der Waals surface area contributed by atoms with Gasteiger partial charge in [0, 0.05) is 12.8 Å². The molecule has 0 aromatic heterocycles. The predicted octanol–water partition coefficient (Wildman–Crippen LogP) is 15.1. The van der Waals surface area contributed by atoms with Gasteiger partial charge in [-0.15, -0.1) is 0 Å². The number of hydrogen-bond acceptors (Lipinski definition) is 8. The molecule has 2 aromatic rings. The van der Waals surface area contributed by atoms with Crippen LogP contribution in [0.1, 0.15) is 226 Å². The number of carbonyl (C=O) groups excluding carboxylic acids is 2. The first-order valence-corrected chi connectivity index (χ1v) is 27.4. The Morgan fingerprint density at radius 3 is 1.09 bits per heavy atom. The fourth-order valence-electron chi connectivity index (χ4n) is 8.25. The number of hydrogen-bond donors (Lipinski definition) is 1. The first kappa shape index (κ1) is 57.0. The molecule has 0 saturated carbocycles. The van der Waals surface area contributed by atoms with Gasteiger partial charge in [-0.3, -0.25) is 14.1 Å². The Hall–Kier alpha value is -3.11. The van der Waals surface area contributed by atoms with Gasteiger partial charge < -0.3 is 18.9 Å². The predicted molar refractivity (Wildman–Crippen MR) is 263 cm³/mol. The minimum atomic E-state index is -4.94. The van der Waals surface area contributed by atoms with Gasteiger partial charge in [0.1, 0.15) is 23.7 Å². The number of para-hydroxylation sites is 2. The highest BCUT2D eigenvalue weighted by molar-refractivity contribution is 7.87. The summed E-state index contributed by atoms with van der Waals surface area (Å²) in [5.74, 6) is -0.650. The molecule has 0 saturated heterocycles. The molecule has 366 valence electrons. The van der Waals surface area contributed by atoms with E-state index in [0.717, 1.165) is 50.7 Å². The summed E-state index contributed by atoms with van der Waals surface area (Å²) in [6.45, 7) is 4.39. The number of ether oxygens (including phenoxy) is 4. The Morgan fingerprint density at radius 1 is 0.453 bits per heavy atom. The fourth-order valence-corrected chi connectivity index (χ4v) is 8.91. The smallest absolute Gasteiger partial charge is 0.327 e. The van der Waals surface area contributed by atoms with Crippen molar-refractivity contribution in [2.24, 2.45) is 0 Å². The lowest BCUT2D eigenvalue weighted by molar-refractivity contribution is -0.150. The maximum atomic E-state index is 13.0. The number of unbranched alkanes of at least 4 members (excludes halogenated alkanes) is 26. The Kier molecular flexibility index (Phi) is 34.8. The van der Waals surface area contributed by atoms with E-state index in [0.29, 0.717) is 18.6 Å².